The van der Waals surface area contributed by atoms with E-state index in [0.717, 1.165) is 36.0 Å². The quantitative estimate of drug-likeness (QED) is 0.208. The molecule has 2 aromatic carbocycles. The van der Waals surface area contributed by atoms with Crippen molar-refractivity contribution in [3.05, 3.63) is 89.5 Å². The van der Waals surface area contributed by atoms with E-state index in [1.165, 1.54) is 35.3 Å². The summed E-state index contributed by atoms with van der Waals surface area (Å²) in [5.74, 6) is -2.75. The Bertz CT molecular complexity index is 1330. The van der Waals surface area contributed by atoms with E-state index in [1.54, 1.807) is 6.07 Å². The lowest BCUT2D eigenvalue weighted by Gasteiger charge is -2.11. The summed E-state index contributed by atoms with van der Waals surface area (Å²) in [4.78, 5) is 21.1. The van der Waals surface area contributed by atoms with E-state index in [1.807, 2.05) is 0 Å². The molecule has 0 atom stereocenters. The molecular weight excluding hydrogens is 507 g/mol. The lowest BCUT2D eigenvalue weighted by atomic mass is 10.2. The van der Waals surface area contributed by atoms with Crippen molar-refractivity contribution in [2.45, 2.75) is 23.8 Å². The average Bonchev–Trinajstić information content (AvgIpc) is 3.26. The van der Waals surface area contributed by atoms with Gasteiger partial charge in [0.05, 0.1) is 11.4 Å². The van der Waals surface area contributed by atoms with E-state index in [2.05, 4.69) is 30.3 Å². The number of aromatic nitrogens is 5. The fraction of sp³-hybridized carbons (Fsp3) is 0.136. The van der Waals surface area contributed by atoms with Crippen LogP contribution < -0.4 is 10.1 Å². The highest BCUT2D eigenvalue weighted by molar-refractivity contribution is 7.98. The molecule has 0 radical (unpaired) electrons. The van der Waals surface area contributed by atoms with Crippen LogP contribution in [-0.4, -0.2) is 37.2 Å². The number of ether oxygens (including phenoxy) is 1. The number of carbonyl (C=O) groups excluding carboxylic acids is 1. The molecule has 0 fully saturated rings. The highest BCUT2D eigenvalue weighted by atomic mass is 32.2. The van der Waals surface area contributed by atoms with Gasteiger partial charge in [-0.3, -0.25) is 4.79 Å². The maximum absolute atomic E-state index is 13.9. The number of hydrogen-bond acceptors (Lipinski definition) is 7. The van der Waals surface area contributed by atoms with Crippen molar-refractivity contribution in [1.82, 2.24) is 30.3 Å². The zero-order chi connectivity index (χ0) is 25.7. The van der Waals surface area contributed by atoms with Crippen molar-refractivity contribution in [1.29, 1.82) is 0 Å². The molecule has 1 amide bonds. The zero-order valence-electron chi connectivity index (χ0n) is 18.0. The van der Waals surface area contributed by atoms with Crippen LogP contribution in [0.4, 0.5) is 22.0 Å². The van der Waals surface area contributed by atoms with Gasteiger partial charge in [-0.1, -0.05) is 23.0 Å². The molecule has 14 heteroatoms. The largest absolute Gasteiger partial charge is 0.573 e. The van der Waals surface area contributed by atoms with Gasteiger partial charge in [0.2, 0.25) is 0 Å². The summed E-state index contributed by atoms with van der Waals surface area (Å²) in [7, 11) is 0. The van der Waals surface area contributed by atoms with Crippen LogP contribution in [0.3, 0.4) is 0 Å². The van der Waals surface area contributed by atoms with Crippen LogP contribution in [0, 0.1) is 11.6 Å². The van der Waals surface area contributed by atoms with Crippen LogP contribution in [0.1, 0.15) is 21.7 Å². The van der Waals surface area contributed by atoms with Crippen LogP contribution in [-0.2, 0) is 12.3 Å². The lowest BCUT2D eigenvalue weighted by Crippen LogP contribution is -2.25. The molecule has 2 aromatic heterocycles. The molecule has 36 heavy (non-hydrogen) atoms. The van der Waals surface area contributed by atoms with Gasteiger partial charge < -0.3 is 10.1 Å². The summed E-state index contributed by atoms with van der Waals surface area (Å²) in [5, 5.41) is 10.6. The highest BCUT2D eigenvalue weighted by Crippen LogP contribution is 2.26. The van der Waals surface area contributed by atoms with E-state index in [0.29, 0.717) is 10.8 Å². The standard InChI is InChI=1S/C22H15F5N6O2S/c23-16-3-1-4-17(24)15(16)11-30-20(34)19-18(12-36-21-28-9-2-10-29-21)33(32-31-19)13-5-7-14(8-6-13)35-22(25,26)27/h1-10H,11-12H2,(H,30,34). The van der Waals surface area contributed by atoms with Crippen LogP contribution in [0.15, 0.2) is 66.1 Å². The second-order valence-corrected chi connectivity index (χ2v) is 7.98. The summed E-state index contributed by atoms with van der Waals surface area (Å²) in [6, 6.07) is 9.74. The van der Waals surface area contributed by atoms with Crippen LogP contribution in [0.25, 0.3) is 5.69 Å². The summed E-state index contributed by atoms with van der Waals surface area (Å²) >= 11 is 1.15. The van der Waals surface area contributed by atoms with Crippen molar-refractivity contribution in [3.8, 4) is 11.4 Å². The van der Waals surface area contributed by atoms with Crippen molar-refractivity contribution >= 4 is 17.7 Å². The first-order valence-corrected chi connectivity index (χ1v) is 11.1. The van der Waals surface area contributed by atoms with Gasteiger partial charge >= 0.3 is 6.36 Å². The van der Waals surface area contributed by atoms with Gasteiger partial charge in [-0.2, -0.15) is 0 Å². The molecule has 4 aromatic rings. The second kappa shape index (κ2) is 10.7. The van der Waals surface area contributed by atoms with Crippen molar-refractivity contribution in [2.24, 2.45) is 0 Å². The first kappa shape index (κ1) is 25.0. The predicted octanol–water partition coefficient (Wildman–Crippen LogP) is 4.46. The molecule has 0 aliphatic rings. The fourth-order valence-electron chi connectivity index (χ4n) is 3.05. The number of hydrogen-bond donors (Lipinski definition) is 1. The van der Waals surface area contributed by atoms with Crippen molar-refractivity contribution in [2.75, 3.05) is 0 Å². The normalized spacial score (nSPS) is 11.4. The molecule has 4 rings (SSSR count). The van der Waals surface area contributed by atoms with Gasteiger partial charge in [-0.05, 0) is 42.5 Å². The van der Waals surface area contributed by atoms with Crippen molar-refractivity contribution in [3.63, 3.8) is 0 Å². The average molecular weight is 522 g/mol. The van der Waals surface area contributed by atoms with Gasteiger partial charge in [0.1, 0.15) is 17.4 Å². The first-order chi connectivity index (χ1) is 17.2. The molecule has 0 saturated carbocycles. The molecule has 2 heterocycles. The Balaban J connectivity index is 1.61. The molecule has 0 unspecified atom stereocenters. The van der Waals surface area contributed by atoms with Gasteiger partial charge in [-0.15, -0.1) is 18.3 Å². The minimum atomic E-state index is -4.85. The monoisotopic (exact) mass is 522 g/mol. The van der Waals surface area contributed by atoms with Crippen LogP contribution >= 0.6 is 11.8 Å². The molecule has 0 aliphatic carbocycles. The predicted molar refractivity (Wildman–Crippen MR) is 117 cm³/mol. The molecule has 0 bridgehead atoms. The molecule has 8 nitrogen and oxygen atoms in total. The smallest absolute Gasteiger partial charge is 0.406 e. The van der Waals surface area contributed by atoms with E-state index in [4.69, 9.17) is 0 Å². The number of thioether (sulfide) groups is 1. The van der Waals surface area contributed by atoms with Gasteiger partial charge in [-0.25, -0.2) is 23.4 Å². The van der Waals surface area contributed by atoms with E-state index >= 15 is 0 Å². The number of benzene rings is 2. The summed E-state index contributed by atoms with van der Waals surface area (Å²) in [6.07, 6.45) is -1.79. The maximum Gasteiger partial charge on any atom is 0.573 e. The Kier molecular flexibility index (Phi) is 7.43. The Morgan fingerprint density at radius 1 is 1.00 bits per heavy atom. The molecular formula is C22H15F5N6O2S. The van der Waals surface area contributed by atoms with Crippen molar-refractivity contribution < 1.29 is 31.5 Å². The Morgan fingerprint density at radius 3 is 2.31 bits per heavy atom. The lowest BCUT2D eigenvalue weighted by molar-refractivity contribution is -0.274. The Labute approximate surface area is 204 Å². The van der Waals surface area contributed by atoms with Gasteiger partial charge in [0, 0.05) is 30.3 Å². The minimum Gasteiger partial charge on any atom is -0.406 e. The molecule has 0 saturated heterocycles. The number of nitrogens with zero attached hydrogens (tertiary/aromatic N) is 5. The summed E-state index contributed by atoms with van der Waals surface area (Å²) in [5.41, 5.74) is 0.0714. The number of alkyl halides is 3. The SMILES string of the molecule is O=C(NCc1c(F)cccc1F)c1nnn(-c2ccc(OC(F)(F)F)cc2)c1CSc1ncccn1. The van der Waals surface area contributed by atoms with E-state index in [-0.39, 0.29) is 22.7 Å². The number of amides is 1. The number of rotatable bonds is 8. The summed E-state index contributed by atoms with van der Waals surface area (Å²) in [6.45, 7) is -0.442. The molecule has 1 N–H and O–H groups in total. The third-order valence-corrected chi connectivity index (χ3v) is 5.55. The second-order valence-electron chi connectivity index (χ2n) is 7.04. The van der Waals surface area contributed by atoms with E-state index in [9.17, 15) is 26.7 Å². The van der Waals surface area contributed by atoms with Gasteiger partial charge in [0.25, 0.3) is 5.91 Å². The first-order valence-electron chi connectivity index (χ1n) is 10.1. The third-order valence-electron chi connectivity index (χ3n) is 4.66. The molecule has 0 spiro atoms. The highest BCUT2D eigenvalue weighted by Gasteiger charge is 2.31. The van der Waals surface area contributed by atoms with E-state index < -0.39 is 36.2 Å². The third kappa shape index (κ3) is 6.13. The number of carbonyl (C=O) groups is 1. The molecule has 186 valence electrons. The van der Waals surface area contributed by atoms with Gasteiger partial charge in [0.15, 0.2) is 10.9 Å². The molecule has 0 aliphatic heterocycles. The maximum atomic E-state index is 13.9. The van der Waals surface area contributed by atoms with Crippen LogP contribution in [0.5, 0.6) is 5.75 Å². The fourth-order valence-corrected chi connectivity index (χ4v) is 3.85. The number of halogens is 5. The Morgan fingerprint density at radius 2 is 1.67 bits per heavy atom. The minimum absolute atomic E-state index is 0.0919. The number of nitrogens with one attached hydrogen (secondary N) is 1. The zero-order valence-corrected chi connectivity index (χ0v) is 18.9. The Hall–Kier alpha value is -4.07. The summed E-state index contributed by atoms with van der Waals surface area (Å²) < 4.78 is 70.4. The topological polar surface area (TPSA) is 94.8 Å². The van der Waals surface area contributed by atoms with Crippen LogP contribution in [0.2, 0.25) is 0 Å².